The van der Waals surface area contributed by atoms with Crippen molar-refractivity contribution in [3.8, 4) is 0 Å². The molecule has 0 aromatic heterocycles. The molecule has 15 heavy (non-hydrogen) atoms. The lowest BCUT2D eigenvalue weighted by molar-refractivity contribution is -0.106. The quantitative estimate of drug-likeness (QED) is 0.749. The Labute approximate surface area is 86.3 Å². The lowest BCUT2D eigenvalue weighted by Crippen LogP contribution is -2.47. The minimum Gasteiger partial charge on any atom is -0.315 e. The molecule has 4 nitrogen and oxygen atoms in total. The minimum atomic E-state index is -4.69. The molecular weight excluding hydrogens is 233 g/mol. The van der Waals surface area contributed by atoms with Crippen molar-refractivity contribution in [1.82, 2.24) is 10.0 Å². The Morgan fingerprint density at radius 3 is 2.53 bits per heavy atom. The summed E-state index contributed by atoms with van der Waals surface area (Å²) in [5.41, 5.74) is 0. The fraction of sp³-hybridized carbons (Fsp3) is 1.00. The second-order valence-electron chi connectivity index (χ2n) is 3.54. The van der Waals surface area contributed by atoms with Crippen LogP contribution in [-0.2, 0) is 10.0 Å². The molecule has 0 aromatic rings. The fourth-order valence-corrected chi connectivity index (χ4v) is 2.69. The average molecular weight is 246 g/mol. The SMILES string of the molecule is O=S(=O)(CC(F)(F)F)N[C@H]1CCCNC1. The summed E-state index contributed by atoms with van der Waals surface area (Å²) < 4.78 is 59.8. The van der Waals surface area contributed by atoms with Crippen LogP contribution in [0.15, 0.2) is 0 Å². The maximum Gasteiger partial charge on any atom is 0.404 e. The second-order valence-corrected chi connectivity index (χ2v) is 5.29. The largest absolute Gasteiger partial charge is 0.404 e. The summed E-state index contributed by atoms with van der Waals surface area (Å²) in [6.45, 7) is 1.16. The molecule has 1 saturated heterocycles. The van der Waals surface area contributed by atoms with Crippen LogP contribution < -0.4 is 10.0 Å². The Hall–Kier alpha value is -0.340. The molecule has 1 rings (SSSR count). The van der Waals surface area contributed by atoms with E-state index in [0.29, 0.717) is 13.0 Å². The standard InChI is InChI=1S/C7H13F3N2O2S/c8-7(9,10)5-15(13,14)12-6-2-1-3-11-4-6/h6,11-12H,1-5H2/t6-/m0/s1. The van der Waals surface area contributed by atoms with Gasteiger partial charge in [-0.15, -0.1) is 0 Å². The van der Waals surface area contributed by atoms with Crippen LogP contribution >= 0.6 is 0 Å². The van der Waals surface area contributed by atoms with Crippen molar-refractivity contribution >= 4 is 10.0 Å². The van der Waals surface area contributed by atoms with Gasteiger partial charge in [-0.05, 0) is 19.4 Å². The predicted octanol–water partition coefficient (Wildman–Crippen LogP) is 0.220. The Morgan fingerprint density at radius 1 is 1.40 bits per heavy atom. The van der Waals surface area contributed by atoms with Gasteiger partial charge in [-0.1, -0.05) is 0 Å². The van der Waals surface area contributed by atoms with Gasteiger partial charge >= 0.3 is 6.18 Å². The molecule has 90 valence electrons. The monoisotopic (exact) mass is 246 g/mol. The summed E-state index contributed by atoms with van der Waals surface area (Å²) >= 11 is 0. The molecule has 2 N–H and O–H groups in total. The molecule has 0 aromatic carbocycles. The van der Waals surface area contributed by atoms with Crippen LogP contribution in [-0.4, -0.2) is 39.5 Å². The van der Waals surface area contributed by atoms with E-state index in [1.165, 1.54) is 0 Å². The minimum absolute atomic E-state index is 0.386. The van der Waals surface area contributed by atoms with Crippen molar-refractivity contribution in [3.05, 3.63) is 0 Å². The molecule has 1 heterocycles. The highest BCUT2D eigenvalue weighted by Gasteiger charge is 2.36. The first-order valence-corrected chi connectivity index (χ1v) is 6.21. The molecule has 1 fully saturated rings. The van der Waals surface area contributed by atoms with E-state index in [2.05, 4.69) is 5.32 Å². The summed E-state index contributed by atoms with van der Waals surface area (Å²) in [4.78, 5) is 0. The number of sulfonamides is 1. The van der Waals surface area contributed by atoms with E-state index in [1.54, 1.807) is 0 Å². The van der Waals surface area contributed by atoms with E-state index in [1.807, 2.05) is 4.72 Å². The Kier molecular flexibility index (Phi) is 3.96. The number of hydrogen-bond acceptors (Lipinski definition) is 3. The number of nitrogens with one attached hydrogen (secondary N) is 2. The van der Waals surface area contributed by atoms with Gasteiger partial charge in [-0.25, -0.2) is 13.1 Å². The zero-order chi connectivity index (χ0) is 11.5. The Morgan fingerprint density at radius 2 is 2.07 bits per heavy atom. The van der Waals surface area contributed by atoms with Crippen LogP contribution in [0, 0.1) is 0 Å². The maximum absolute atomic E-state index is 11.9. The van der Waals surface area contributed by atoms with Crippen LogP contribution in [0.3, 0.4) is 0 Å². The normalized spacial score (nSPS) is 24.1. The van der Waals surface area contributed by atoms with Crippen LogP contribution in [0.25, 0.3) is 0 Å². The van der Waals surface area contributed by atoms with E-state index in [-0.39, 0.29) is 0 Å². The molecule has 8 heteroatoms. The smallest absolute Gasteiger partial charge is 0.315 e. The molecule has 0 radical (unpaired) electrons. The van der Waals surface area contributed by atoms with Crippen LogP contribution in [0.2, 0.25) is 0 Å². The van der Waals surface area contributed by atoms with Crippen molar-refractivity contribution in [3.63, 3.8) is 0 Å². The van der Waals surface area contributed by atoms with Crippen molar-refractivity contribution in [2.45, 2.75) is 25.1 Å². The number of rotatable bonds is 3. The van der Waals surface area contributed by atoms with Crippen molar-refractivity contribution in [2.75, 3.05) is 18.8 Å². The highest BCUT2D eigenvalue weighted by atomic mass is 32.2. The highest BCUT2D eigenvalue weighted by Crippen LogP contribution is 2.17. The average Bonchev–Trinajstić information content (AvgIpc) is 1.99. The van der Waals surface area contributed by atoms with Gasteiger partial charge in [0, 0.05) is 12.6 Å². The summed E-state index contributed by atoms with van der Waals surface area (Å²) in [5.74, 6) is -1.81. The third-order valence-electron chi connectivity index (χ3n) is 2.00. The number of hydrogen-bond donors (Lipinski definition) is 2. The lowest BCUT2D eigenvalue weighted by atomic mass is 10.1. The molecule has 1 aliphatic heterocycles. The lowest BCUT2D eigenvalue weighted by Gasteiger charge is -2.23. The summed E-state index contributed by atoms with van der Waals surface area (Å²) in [5, 5.41) is 2.91. The van der Waals surface area contributed by atoms with Gasteiger partial charge in [0.25, 0.3) is 0 Å². The number of piperidine rings is 1. The second kappa shape index (κ2) is 4.67. The Balaban J connectivity index is 2.48. The van der Waals surface area contributed by atoms with Gasteiger partial charge in [0.05, 0.1) is 0 Å². The molecule has 0 bridgehead atoms. The Bertz CT molecular complexity index is 296. The van der Waals surface area contributed by atoms with E-state index in [0.717, 1.165) is 13.0 Å². The molecule has 1 atom stereocenters. The third kappa shape index (κ3) is 5.33. The molecular formula is C7H13F3N2O2S. The predicted molar refractivity (Wildman–Crippen MR) is 48.9 cm³/mol. The van der Waals surface area contributed by atoms with Gasteiger partial charge in [0.1, 0.15) is 0 Å². The van der Waals surface area contributed by atoms with Crippen LogP contribution in [0.5, 0.6) is 0 Å². The van der Waals surface area contributed by atoms with E-state index < -0.39 is 28.0 Å². The zero-order valence-corrected chi connectivity index (χ0v) is 8.79. The topological polar surface area (TPSA) is 58.2 Å². The molecule has 0 aliphatic carbocycles. The van der Waals surface area contributed by atoms with E-state index in [4.69, 9.17) is 0 Å². The van der Waals surface area contributed by atoms with Crippen molar-refractivity contribution in [1.29, 1.82) is 0 Å². The maximum atomic E-state index is 11.9. The molecule has 0 amide bonds. The van der Waals surface area contributed by atoms with Gasteiger partial charge in [0.2, 0.25) is 10.0 Å². The summed E-state index contributed by atoms with van der Waals surface area (Å²) in [6, 6.07) is -0.425. The first-order valence-electron chi connectivity index (χ1n) is 4.56. The van der Waals surface area contributed by atoms with E-state index in [9.17, 15) is 21.6 Å². The number of alkyl halides is 3. The van der Waals surface area contributed by atoms with Crippen LogP contribution in [0.1, 0.15) is 12.8 Å². The molecule has 1 aliphatic rings. The number of halogens is 3. The highest BCUT2D eigenvalue weighted by molar-refractivity contribution is 7.89. The summed E-state index contributed by atoms with van der Waals surface area (Å²) in [6.07, 6.45) is -3.35. The third-order valence-corrected chi connectivity index (χ3v) is 3.40. The fourth-order valence-electron chi connectivity index (χ4n) is 1.46. The first-order chi connectivity index (χ1) is 6.79. The molecule has 0 saturated carbocycles. The van der Waals surface area contributed by atoms with Crippen molar-refractivity contribution in [2.24, 2.45) is 0 Å². The van der Waals surface area contributed by atoms with Gasteiger partial charge in [-0.2, -0.15) is 13.2 Å². The summed E-state index contributed by atoms with van der Waals surface area (Å²) in [7, 11) is -4.25. The van der Waals surface area contributed by atoms with Gasteiger partial charge in [0.15, 0.2) is 5.75 Å². The van der Waals surface area contributed by atoms with Crippen molar-refractivity contribution < 1.29 is 21.6 Å². The molecule has 0 unspecified atom stereocenters. The zero-order valence-electron chi connectivity index (χ0n) is 7.97. The first kappa shape index (κ1) is 12.7. The van der Waals surface area contributed by atoms with E-state index >= 15 is 0 Å². The van der Waals surface area contributed by atoms with Gasteiger partial charge < -0.3 is 5.32 Å². The van der Waals surface area contributed by atoms with Crippen LogP contribution in [0.4, 0.5) is 13.2 Å². The molecule has 0 spiro atoms. The van der Waals surface area contributed by atoms with Gasteiger partial charge in [-0.3, -0.25) is 0 Å².